The minimum Gasteiger partial charge on any atom is -0.485 e. The van der Waals surface area contributed by atoms with Gasteiger partial charge in [0.25, 0.3) is 5.89 Å². The van der Waals surface area contributed by atoms with Crippen molar-refractivity contribution in [2.24, 2.45) is 0 Å². The second-order valence-electron chi connectivity index (χ2n) is 4.53. The molecule has 0 aliphatic rings. The van der Waals surface area contributed by atoms with Crippen LogP contribution in [0.25, 0.3) is 10.8 Å². The van der Waals surface area contributed by atoms with Crippen molar-refractivity contribution in [3.8, 4) is 16.5 Å². The number of benzene rings is 1. The zero-order chi connectivity index (χ0) is 15.6. The molecule has 0 fully saturated rings. The summed E-state index contributed by atoms with van der Waals surface area (Å²) in [5.41, 5.74) is 0. The van der Waals surface area contributed by atoms with Gasteiger partial charge in [-0.1, -0.05) is 11.2 Å². The van der Waals surface area contributed by atoms with Crippen LogP contribution in [0.15, 0.2) is 51.2 Å². The smallest absolute Gasteiger partial charge is 0.268 e. The van der Waals surface area contributed by atoms with E-state index in [0.29, 0.717) is 17.5 Å². The Kier molecular flexibility index (Phi) is 3.95. The summed E-state index contributed by atoms with van der Waals surface area (Å²) in [6, 6.07) is 9.99. The monoisotopic (exact) mass is 336 g/mol. The fourth-order valence-corrected chi connectivity index (χ4v) is 3.02. The Morgan fingerprint density at radius 2 is 2.00 bits per heavy atom. The van der Waals surface area contributed by atoms with Gasteiger partial charge in [0.15, 0.2) is 16.4 Å². The molecule has 0 aliphatic carbocycles. The molecule has 0 saturated carbocycles. The van der Waals surface area contributed by atoms with E-state index in [9.17, 15) is 8.42 Å². The van der Waals surface area contributed by atoms with Crippen LogP contribution in [0.5, 0.6) is 5.75 Å². The molecule has 8 heteroatoms. The van der Waals surface area contributed by atoms with E-state index < -0.39 is 9.84 Å². The minimum absolute atomic E-state index is 0.146. The summed E-state index contributed by atoms with van der Waals surface area (Å²) in [4.78, 5) is 5.39. The van der Waals surface area contributed by atoms with Crippen molar-refractivity contribution >= 4 is 21.2 Å². The standard InChI is InChI=1S/C14H12N2O4S2/c1-22(17,18)11-6-4-10(5-7-11)19-9-13-15-14(20-16-13)12-3-2-8-21-12/h2-8H,9H2,1H3. The summed E-state index contributed by atoms with van der Waals surface area (Å²) < 4.78 is 33.4. The molecule has 2 heterocycles. The number of sulfone groups is 1. The van der Waals surface area contributed by atoms with Gasteiger partial charge in [-0.3, -0.25) is 0 Å². The molecule has 114 valence electrons. The third-order valence-electron chi connectivity index (χ3n) is 2.82. The molecule has 0 atom stereocenters. The molecule has 1 aromatic carbocycles. The lowest BCUT2D eigenvalue weighted by molar-refractivity contribution is 0.287. The molecule has 3 rings (SSSR count). The lowest BCUT2D eigenvalue weighted by Crippen LogP contribution is -1.99. The zero-order valence-electron chi connectivity index (χ0n) is 11.6. The van der Waals surface area contributed by atoms with Crippen LogP contribution in [0.4, 0.5) is 0 Å². The van der Waals surface area contributed by atoms with Gasteiger partial charge in [0, 0.05) is 6.26 Å². The van der Waals surface area contributed by atoms with Gasteiger partial charge in [-0.2, -0.15) is 4.98 Å². The van der Waals surface area contributed by atoms with Crippen LogP contribution in [0, 0.1) is 0 Å². The number of rotatable bonds is 5. The Bertz CT molecular complexity index is 853. The fraction of sp³-hybridized carbons (Fsp3) is 0.143. The molecule has 0 spiro atoms. The van der Waals surface area contributed by atoms with Crippen molar-refractivity contribution < 1.29 is 17.7 Å². The fourth-order valence-electron chi connectivity index (χ4n) is 1.74. The van der Waals surface area contributed by atoms with E-state index in [4.69, 9.17) is 9.26 Å². The topological polar surface area (TPSA) is 82.3 Å². The minimum atomic E-state index is -3.20. The summed E-state index contributed by atoms with van der Waals surface area (Å²) in [5.74, 6) is 1.42. The molecule has 2 aromatic heterocycles. The van der Waals surface area contributed by atoms with Gasteiger partial charge in [-0.15, -0.1) is 11.3 Å². The first-order valence-electron chi connectivity index (χ1n) is 6.32. The molecule has 0 radical (unpaired) electrons. The van der Waals surface area contributed by atoms with E-state index in [-0.39, 0.29) is 11.5 Å². The number of hydrogen-bond donors (Lipinski definition) is 0. The van der Waals surface area contributed by atoms with Crippen LogP contribution in [0.1, 0.15) is 5.82 Å². The van der Waals surface area contributed by atoms with E-state index in [1.807, 2.05) is 17.5 Å². The summed E-state index contributed by atoms with van der Waals surface area (Å²) >= 11 is 1.51. The van der Waals surface area contributed by atoms with Crippen LogP contribution >= 0.6 is 11.3 Å². The first kappa shape index (κ1) is 14.7. The number of aromatic nitrogens is 2. The summed E-state index contributed by atoms with van der Waals surface area (Å²) in [6.07, 6.45) is 1.16. The molecule has 0 unspecified atom stereocenters. The Morgan fingerprint density at radius 1 is 1.23 bits per heavy atom. The number of hydrogen-bond acceptors (Lipinski definition) is 7. The largest absolute Gasteiger partial charge is 0.485 e. The molecule has 22 heavy (non-hydrogen) atoms. The van der Waals surface area contributed by atoms with Crippen LogP contribution in [-0.2, 0) is 16.4 Å². The Morgan fingerprint density at radius 3 is 2.64 bits per heavy atom. The van der Waals surface area contributed by atoms with E-state index in [1.165, 1.54) is 23.5 Å². The van der Waals surface area contributed by atoms with Gasteiger partial charge in [0.2, 0.25) is 5.82 Å². The lowest BCUT2D eigenvalue weighted by Gasteiger charge is -2.04. The van der Waals surface area contributed by atoms with Gasteiger partial charge < -0.3 is 9.26 Å². The van der Waals surface area contributed by atoms with Crippen LogP contribution in [-0.4, -0.2) is 24.8 Å². The van der Waals surface area contributed by atoms with Gasteiger partial charge in [0.05, 0.1) is 9.77 Å². The molecule has 0 saturated heterocycles. The predicted molar refractivity (Wildman–Crippen MR) is 81.5 cm³/mol. The average molecular weight is 336 g/mol. The number of thiophene rings is 1. The van der Waals surface area contributed by atoms with Crippen molar-refractivity contribution in [3.63, 3.8) is 0 Å². The summed E-state index contributed by atoms with van der Waals surface area (Å²) in [6.45, 7) is 0.146. The molecule has 0 amide bonds. The van der Waals surface area contributed by atoms with Crippen molar-refractivity contribution in [1.29, 1.82) is 0 Å². The lowest BCUT2D eigenvalue weighted by atomic mass is 10.3. The highest BCUT2D eigenvalue weighted by molar-refractivity contribution is 7.90. The quantitative estimate of drug-likeness (QED) is 0.712. The molecule has 6 nitrogen and oxygen atoms in total. The maximum atomic E-state index is 11.4. The molecule has 3 aromatic rings. The Balaban J connectivity index is 1.65. The number of ether oxygens (including phenoxy) is 1. The summed E-state index contributed by atoms with van der Waals surface area (Å²) in [7, 11) is -3.20. The third-order valence-corrected chi connectivity index (χ3v) is 4.81. The first-order chi connectivity index (χ1) is 10.5. The van der Waals surface area contributed by atoms with Crippen molar-refractivity contribution in [2.75, 3.05) is 6.26 Å². The Labute approximate surface area is 131 Å². The average Bonchev–Trinajstić information content (AvgIpc) is 3.15. The third kappa shape index (κ3) is 3.34. The molecule has 0 N–H and O–H groups in total. The zero-order valence-corrected chi connectivity index (χ0v) is 13.2. The van der Waals surface area contributed by atoms with Crippen LogP contribution in [0.3, 0.4) is 0 Å². The van der Waals surface area contributed by atoms with Gasteiger partial charge >= 0.3 is 0 Å². The first-order valence-corrected chi connectivity index (χ1v) is 9.09. The van der Waals surface area contributed by atoms with Gasteiger partial charge in [-0.05, 0) is 35.7 Å². The second-order valence-corrected chi connectivity index (χ2v) is 7.49. The predicted octanol–water partition coefficient (Wildman–Crippen LogP) is 2.78. The van der Waals surface area contributed by atoms with Crippen molar-refractivity contribution in [1.82, 2.24) is 10.1 Å². The van der Waals surface area contributed by atoms with E-state index in [2.05, 4.69) is 10.1 Å². The van der Waals surface area contributed by atoms with Crippen molar-refractivity contribution in [2.45, 2.75) is 11.5 Å². The van der Waals surface area contributed by atoms with Crippen molar-refractivity contribution in [3.05, 3.63) is 47.6 Å². The van der Waals surface area contributed by atoms with E-state index in [0.717, 1.165) is 11.1 Å². The second kappa shape index (κ2) is 5.90. The highest BCUT2D eigenvalue weighted by Gasteiger charge is 2.10. The molecular weight excluding hydrogens is 324 g/mol. The SMILES string of the molecule is CS(=O)(=O)c1ccc(OCc2noc(-c3cccs3)n2)cc1. The maximum Gasteiger partial charge on any atom is 0.268 e. The molecule has 0 bridgehead atoms. The van der Waals surface area contributed by atoms with Crippen LogP contribution < -0.4 is 4.74 Å². The van der Waals surface area contributed by atoms with Gasteiger partial charge in [-0.25, -0.2) is 8.42 Å². The number of nitrogens with zero attached hydrogens (tertiary/aromatic N) is 2. The maximum absolute atomic E-state index is 11.4. The van der Waals surface area contributed by atoms with Gasteiger partial charge in [0.1, 0.15) is 5.75 Å². The Hall–Kier alpha value is -2.19. The van der Waals surface area contributed by atoms with E-state index in [1.54, 1.807) is 12.1 Å². The van der Waals surface area contributed by atoms with E-state index >= 15 is 0 Å². The molecular formula is C14H12N2O4S2. The van der Waals surface area contributed by atoms with Crippen LogP contribution in [0.2, 0.25) is 0 Å². The summed E-state index contributed by atoms with van der Waals surface area (Å²) in [5, 5.41) is 5.77. The highest BCUT2D eigenvalue weighted by atomic mass is 32.2. The normalized spacial score (nSPS) is 11.5. The molecule has 0 aliphatic heterocycles. The highest BCUT2D eigenvalue weighted by Crippen LogP contribution is 2.23.